The minimum absolute atomic E-state index is 1.03. The standard InChI is InChI=1S/C29H21N/c1-18-7-11-24-22(13-18)15-28(27-14-19(2)8-12-25(24)27)29-16-26-21(17-30-29)10-9-20-5-3-4-6-23(20)26/h3-17H,1-2H3. The van der Waals surface area contributed by atoms with Crippen molar-refractivity contribution in [2.75, 3.05) is 0 Å². The third-order valence-corrected chi connectivity index (χ3v) is 6.17. The molecule has 0 aliphatic heterocycles. The first kappa shape index (κ1) is 17.2. The predicted molar refractivity (Wildman–Crippen MR) is 129 cm³/mol. The van der Waals surface area contributed by atoms with Gasteiger partial charge in [-0.2, -0.15) is 0 Å². The van der Waals surface area contributed by atoms with E-state index in [0.717, 1.165) is 5.69 Å². The van der Waals surface area contributed by atoms with Crippen molar-refractivity contribution >= 4 is 43.1 Å². The first-order valence-electron chi connectivity index (χ1n) is 10.4. The number of fused-ring (bicyclic) bond motifs is 6. The molecule has 1 nitrogen and oxygen atoms in total. The molecular formula is C29H21N. The van der Waals surface area contributed by atoms with Crippen molar-refractivity contribution in [2.45, 2.75) is 13.8 Å². The van der Waals surface area contributed by atoms with E-state index in [1.807, 2.05) is 6.20 Å². The van der Waals surface area contributed by atoms with Crippen LogP contribution >= 0.6 is 0 Å². The highest BCUT2D eigenvalue weighted by Gasteiger charge is 2.12. The zero-order valence-corrected chi connectivity index (χ0v) is 17.1. The third-order valence-electron chi connectivity index (χ3n) is 6.17. The number of rotatable bonds is 1. The van der Waals surface area contributed by atoms with Crippen LogP contribution in [-0.4, -0.2) is 4.98 Å². The summed E-state index contributed by atoms with van der Waals surface area (Å²) in [4.78, 5) is 4.89. The summed E-state index contributed by atoms with van der Waals surface area (Å²) in [7, 11) is 0. The fourth-order valence-electron chi connectivity index (χ4n) is 4.65. The normalized spacial score (nSPS) is 11.7. The Balaban J connectivity index is 1.73. The molecule has 0 spiro atoms. The molecule has 0 bridgehead atoms. The summed E-state index contributed by atoms with van der Waals surface area (Å²) in [6, 6.07) is 31.0. The number of benzene rings is 5. The van der Waals surface area contributed by atoms with Crippen LogP contribution in [-0.2, 0) is 0 Å². The molecule has 0 saturated heterocycles. The molecule has 0 radical (unpaired) electrons. The second-order valence-corrected chi connectivity index (χ2v) is 8.28. The Labute approximate surface area is 175 Å². The molecular weight excluding hydrogens is 362 g/mol. The zero-order chi connectivity index (χ0) is 20.2. The number of hydrogen-bond donors (Lipinski definition) is 0. The molecule has 0 saturated carbocycles. The van der Waals surface area contributed by atoms with Crippen LogP contribution in [0.25, 0.3) is 54.3 Å². The second kappa shape index (κ2) is 6.40. The topological polar surface area (TPSA) is 12.9 Å². The van der Waals surface area contributed by atoms with E-state index in [1.54, 1.807) is 0 Å². The molecule has 0 aliphatic carbocycles. The molecule has 0 N–H and O–H groups in total. The van der Waals surface area contributed by atoms with Crippen molar-refractivity contribution in [3.05, 3.63) is 102 Å². The summed E-state index contributed by atoms with van der Waals surface area (Å²) < 4.78 is 0. The Hall–Kier alpha value is -3.71. The van der Waals surface area contributed by atoms with Crippen molar-refractivity contribution in [3.8, 4) is 11.3 Å². The number of aryl methyl sites for hydroxylation is 2. The van der Waals surface area contributed by atoms with Gasteiger partial charge in [0.2, 0.25) is 0 Å². The molecule has 1 heteroatoms. The van der Waals surface area contributed by atoms with Crippen molar-refractivity contribution in [2.24, 2.45) is 0 Å². The van der Waals surface area contributed by atoms with Crippen LogP contribution in [0.1, 0.15) is 11.1 Å². The first-order valence-corrected chi connectivity index (χ1v) is 10.4. The number of aromatic nitrogens is 1. The highest BCUT2D eigenvalue weighted by molar-refractivity contribution is 6.15. The van der Waals surface area contributed by atoms with Crippen LogP contribution in [0, 0.1) is 13.8 Å². The highest BCUT2D eigenvalue weighted by Crippen LogP contribution is 2.37. The lowest BCUT2D eigenvalue weighted by Gasteiger charge is -2.13. The number of nitrogens with zero attached hydrogens (tertiary/aromatic N) is 1. The molecule has 142 valence electrons. The smallest absolute Gasteiger partial charge is 0.0715 e. The van der Waals surface area contributed by atoms with Crippen LogP contribution in [0.2, 0.25) is 0 Å². The maximum atomic E-state index is 4.89. The molecule has 1 aromatic heterocycles. The second-order valence-electron chi connectivity index (χ2n) is 8.28. The number of hydrogen-bond acceptors (Lipinski definition) is 1. The average Bonchev–Trinajstić information content (AvgIpc) is 2.77. The van der Waals surface area contributed by atoms with Gasteiger partial charge in [0.15, 0.2) is 0 Å². The monoisotopic (exact) mass is 383 g/mol. The quantitative estimate of drug-likeness (QED) is 0.262. The fraction of sp³-hybridized carbons (Fsp3) is 0.0690. The van der Waals surface area contributed by atoms with Gasteiger partial charge in [0.05, 0.1) is 5.69 Å². The Kier molecular flexibility index (Phi) is 3.66. The van der Waals surface area contributed by atoms with Gasteiger partial charge in [-0.05, 0) is 63.7 Å². The minimum Gasteiger partial charge on any atom is -0.256 e. The molecule has 0 aliphatic rings. The highest BCUT2D eigenvalue weighted by atomic mass is 14.7. The molecule has 6 rings (SSSR count). The summed E-state index contributed by atoms with van der Waals surface area (Å²) in [6.07, 6.45) is 2.01. The van der Waals surface area contributed by atoms with Gasteiger partial charge in [-0.25, -0.2) is 0 Å². The van der Waals surface area contributed by atoms with Gasteiger partial charge in [0, 0.05) is 17.1 Å². The lowest BCUT2D eigenvalue weighted by atomic mass is 9.92. The van der Waals surface area contributed by atoms with Crippen molar-refractivity contribution in [3.63, 3.8) is 0 Å². The summed E-state index contributed by atoms with van der Waals surface area (Å²) in [5.41, 5.74) is 4.76. The predicted octanol–water partition coefficient (Wildman–Crippen LogP) is 7.98. The summed E-state index contributed by atoms with van der Waals surface area (Å²) in [5.74, 6) is 0. The SMILES string of the molecule is Cc1ccc2c(c1)cc(-c1cc3c(ccc4ccccc43)cn1)c1cc(C)ccc12. The lowest BCUT2D eigenvalue weighted by molar-refractivity contribution is 1.37. The summed E-state index contributed by atoms with van der Waals surface area (Å²) in [6.45, 7) is 4.31. The maximum absolute atomic E-state index is 4.89. The molecule has 0 amide bonds. The van der Waals surface area contributed by atoms with E-state index >= 15 is 0 Å². The van der Waals surface area contributed by atoms with E-state index in [9.17, 15) is 0 Å². The largest absolute Gasteiger partial charge is 0.256 e. The van der Waals surface area contributed by atoms with E-state index in [1.165, 1.54) is 59.8 Å². The Morgan fingerprint density at radius 1 is 0.500 bits per heavy atom. The van der Waals surface area contributed by atoms with Gasteiger partial charge < -0.3 is 0 Å². The molecule has 0 atom stereocenters. The Morgan fingerprint density at radius 3 is 2.13 bits per heavy atom. The van der Waals surface area contributed by atoms with E-state index in [2.05, 4.69) is 98.8 Å². The van der Waals surface area contributed by atoms with Gasteiger partial charge in [0.1, 0.15) is 0 Å². The van der Waals surface area contributed by atoms with Crippen molar-refractivity contribution < 1.29 is 0 Å². The van der Waals surface area contributed by atoms with E-state index in [0.29, 0.717) is 0 Å². The zero-order valence-electron chi connectivity index (χ0n) is 17.1. The van der Waals surface area contributed by atoms with Crippen molar-refractivity contribution in [1.29, 1.82) is 0 Å². The van der Waals surface area contributed by atoms with E-state index in [-0.39, 0.29) is 0 Å². The molecule has 6 aromatic rings. The Bertz CT molecular complexity index is 1610. The van der Waals surface area contributed by atoms with Crippen LogP contribution in [0.3, 0.4) is 0 Å². The van der Waals surface area contributed by atoms with E-state index in [4.69, 9.17) is 4.98 Å². The first-order chi connectivity index (χ1) is 14.7. The van der Waals surface area contributed by atoms with Crippen LogP contribution in [0.4, 0.5) is 0 Å². The molecule has 0 unspecified atom stereocenters. The Morgan fingerprint density at radius 2 is 1.23 bits per heavy atom. The van der Waals surface area contributed by atoms with Crippen LogP contribution in [0.15, 0.2) is 91.1 Å². The summed E-state index contributed by atoms with van der Waals surface area (Å²) in [5, 5.41) is 10.1. The van der Waals surface area contributed by atoms with Crippen LogP contribution in [0.5, 0.6) is 0 Å². The van der Waals surface area contributed by atoms with Crippen LogP contribution < -0.4 is 0 Å². The van der Waals surface area contributed by atoms with Gasteiger partial charge >= 0.3 is 0 Å². The fourth-order valence-corrected chi connectivity index (χ4v) is 4.65. The molecule has 0 fully saturated rings. The van der Waals surface area contributed by atoms with Gasteiger partial charge in [0.25, 0.3) is 0 Å². The average molecular weight is 383 g/mol. The maximum Gasteiger partial charge on any atom is 0.0715 e. The van der Waals surface area contributed by atoms with Crippen molar-refractivity contribution in [1.82, 2.24) is 4.98 Å². The lowest BCUT2D eigenvalue weighted by Crippen LogP contribution is -1.90. The molecule has 30 heavy (non-hydrogen) atoms. The number of pyridine rings is 1. The third kappa shape index (κ3) is 2.59. The molecule has 5 aromatic carbocycles. The summed E-state index contributed by atoms with van der Waals surface area (Å²) >= 11 is 0. The van der Waals surface area contributed by atoms with E-state index < -0.39 is 0 Å². The van der Waals surface area contributed by atoms with Gasteiger partial charge in [-0.3, -0.25) is 4.98 Å². The minimum atomic E-state index is 1.03. The molecule has 1 heterocycles. The van der Waals surface area contributed by atoms with Gasteiger partial charge in [-0.1, -0.05) is 83.9 Å². The van der Waals surface area contributed by atoms with Gasteiger partial charge in [-0.15, -0.1) is 0 Å².